The van der Waals surface area contributed by atoms with Gasteiger partial charge in [0.1, 0.15) is 5.82 Å². The van der Waals surface area contributed by atoms with E-state index in [1.165, 1.54) is 11.8 Å². The van der Waals surface area contributed by atoms with Crippen LogP contribution in [0.2, 0.25) is 0 Å². The van der Waals surface area contributed by atoms with Crippen LogP contribution in [-0.2, 0) is 6.42 Å². The standard InChI is InChI=1S/C19H21BrFN3O/c20-16-6-7-18(21)15(14-16)8-9-22-19(25)24-12-10-23(11-13-24)17-4-2-1-3-5-17/h1-7,14H,8-13H2,(H,22,25). The van der Waals surface area contributed by atoms with Crippen molar-refractivity contribution in [2.24, 2.45) is 0 Å². The number of nitrogens with one attached hydrogen (secondary N) is 1. The van der Waals surface area contributed by atoms with E-state index < -0.39 is 0 Å². The van der Waals surface area contributed by atoms with Gasteiger partial charge in [-0.2, -0.15) is 0 Å². The zero-order valence-electron chi connectivity index (χ0n) is 13.9. The summed E-state index contributed by atoms with van der Waals surface area (Å²) in [7, 11) is 0. The van der Waals surface area contributed by atoms with Crippen molar-refractivity contribution in [1.82, 2.24) is 10.2 Å². The van der Waals surface area contributed by atoms with Crippen LogP contribution in [0, 0.1) is 5.82 Å². The maximum Gasteiger partial charge on any atom is 0.317 e. The molecule has 0 atom stereocenters. The van der Waals surface area contributed by atoms with Crippen LogP contribution in [0.4, 0.5) is 14.9 Å². The number of amides is 2. The number of piperazine rings is 1. The third-order valence-electron chi connectivity index (χ3n) is 4.37. The lowest BCUT2D eigenvalue weighted by atomic mass is 10.1. The largest absolute Gasteiger partial charge is 0.368 e. The predicted octanol–water partition coefficient (Wildman–Crippen LogP) is 3.66. The molecule has 0 bridgehead atoms. The molecule has 0 unspecified atom stereocenters. The summed E-state index contributed by atoms with van der Waals surface area (Å²) in [6, 6.07) is 15.0. The Balaban J connectivity index is 1.44. The van der Waals surface area contributed by atoms with Crippen LogP contribution in [0.25, 0.3) is 0 Å². The smallest absolute Gasteiger partial charge is 0.317 e. The molecule has 0 aromatic heterocycles. The minimum Gasteiger partial charge on any atom is -0.368 e. The van der Waals surface area contributed by atoms with Crippen LogP contribution in [0.1, 0.15) is 5.56 Å². The quantitative estimate of drug-likeness (QED) is 0.842. The molecule has 1 fully saturated rings. The van der Waals surface area contributed by atoms with E-state index in [-0.39, 0.29) is 11.8 Å². The minimum atomic E-state index is -0.242. The fourth-order valence-corrected chi connectivity index (χ4v) is 3.37. The first-order chi connectivity index (χ1) is 12.1. The van der Waals surface area contributed by atoms with Crippen LogP contribution < -0.4 is 10.2 Å². The minimum absolute atomic E-state index is 0.0804. The number of benzene rings is 2. The number of hydrogen-bond donors (Lipinski definition) is 1. The summed E-state index contributed by atoms with van der Waals surface area (Å²) in [5.74, 6) is -0.242. The van der Waals surface area contributed by atoms with Gasteiger partial charge in [-0.25, -0.2) is 9.18 Å². The van der Waals surface area contributed by atoms with Crippen molar-refractivity contribution in [3.63, 3.8) is 0 Å². The molecule has 4 nitrogen and oxygen atoms in total. The Kier molecular flexibility index (Phi) is 5.91. The Morgan fingerprint density at radius 3 is 2.52 bits per heavy atom. The Hall–Kier alpha value is -2.08. The van der Waals surface area contributed by atoms with Gasteiger partial charge in [0, 0.05) is 42.9 Å². The van der Waals surface area contributed by atoms with Gasteiger partial charge in [0.25, 0.3) is 0 Å². The second kappa shape index (κ2) is 8.34. The summed E-state index contributed by atoms with van der Waals surface area (Å²) in [5, 5.41) is 2.89. The third-order valence-corrected chi connectivity index (χ3v) is 4.86. The summed E-state index contributed by atoms with van der Waals surface area (Å²) >= 11 is 3.34. The SMILES string of the molecule is O=C(NCCc1cc(Br)ccc1F)N1CCN(c2ccccc2)CC1. The average Bonchev–Trinajstić information content (AvgIpc) is 2.65. The lowest BCUT2D eigenvalue weighted by molar-refractivity contribution is 0.194. The van der Waals surface area contributed by atoms with Crippen molar-refractivity contribution < 1.29 is 9.18 Å². The number of rotatable bonds is 4. The van der Waals surface area contributed by atoms with E-state index in [1.54, 1.807) is 12.1 Å². The van der Waals surface area contributed by atoms with Crippen molar-refractivity contribution in [2.45, 2.75) is 6.42 Å². The Labute approximate surface area is 155 Å². The molecule has 1 heterocycles. The van der Waals surface area contributed by atoms with Crippen molar-refractivity contribution in [1.29, 1.82) is 0 Å². The van der Waals surface area contributed by atoms with Gasteiger partial charge >= 0.3 is 6.03 Å². The number of hydrogen-bond acceptors (Lipinski definition) is 2. The van der Waals surface area contributed by atoms with Crippen LogP contribution >= 0.6 is 15.9 Å². The number of halogens is 2. The van der Waals surface area contributed by atoms with Gasteiger partial charge in [0.2, 0.25) is 0 Å². The molecule has 132 valence electrons. The molecule has 0 aliphatic carbocycles. The summed E-state index contributed by atoms with van der Waals surface area (Å²) in [6.45, 7) is 3.43. The van der Waals surface area contributed by atoms with Gasteiger partial charge in [-0.15, -0.1) is 0 Å². The molecule has 0 saturated carbocycles. The Morgan fingerprint density at radius 2 is 1.80 bits per heavy atom. The third kappa shape index (κ3) is 4.72. The molecule has 2 aromatic carbocycles. The zero-order valence-corrected chi connectivity index (χ0v) is 15.5. The highest BCUT2D eigenvalue weighted by Gasteiger charge is 2.20. The second-order valence-electron chi connectivity index (χ2n) is 6.03. The fraction of sp³-hybridized carbons (Fsp3) is 0.316. The summed E-state index contributed by atoms with van der Waals surface area (Å²) in [5.41, 5.74) is 1.79. The predicted molar refractivity (Wildman–Crippen MR) is 101 cm³/mol. The molecule has 1 saturated heterocycles. The Morgan fingerprint density at radius 1 is 1.08 bits per heavy atom. The monoisotopic (exact) mass is 405 g/mol. The molecular weight excluding hydrogens is 385 g/mol. The maximum absolute atomic E-state index is 13.7. The van der Waals surface area contributed by atoms with E-state index in [4.69, 9.17) is 0 Å². The van der Waals surface area contributed by atoms with Gasteiger partial charge in [-0.1, -0.05) is 34.1 Å². The van der Waals surface area contributed by atoms with Crippen LogP contribution in [-0.4, -0.2) is 43.7 Å². The van der Waals surface area contributed by atoms with E-state index in [1.807, 2.05) is 23.1 Å². The molecule has 2 amide bonds. The molecule has 6 heteroatoms. The molecular formula is C19H21BrFN3O. The van der Waals surface area contributed by atoms with Crippen LogP contribution in [0.5, 0.6) is 0 Å². The first-order valence-corrected chi connectivity index (χ1v) is 9.19. The molecule has 3 rings (SSSR count). The van der Waals surface area contributed by atoms with Crippen molar-refractivity contribution in [3.05, 3.63) is 64.4 Å². The number of anilines is 1. The van der Waals surface area contributed by atoms with E-state index >= 15 is 0 Å². The Bertz CT molecular complexity index is 718. The summed E-state index contributed by atoms with van der Waals surface area (Å²) in [4.78, 5) is 16.4. The highest BCUT2D eigenvalue weighted by atomic mass is 79.9. The molecule has 2 aromatic rings. The van der Waals surface area contributed by atoms with Crippen molar-refractivity contribution in [3.8, 4) is 0 Å². The lowest BCUT2D eigenvalue weighted by Gasteiger charge is -2.36. The van der Waals surface area contributed by atoms with Crippen molar-refractivity contribution >= 4 is 27.6 Å². The van der Waals surface area contributed by atoms with Crippen LogP contribution in [0.15, 0.2) is 53.0 Å². The number of para-hydroxylation sites is 1. The lowest BCUT2D eigenvalue weighted by Crippen LogP contribution is -2.52. The highest BCUT2D eigenvalue weighted by Crippen LogP contribution is 2.17. The average molecular weight is 406 g/mol. The van der Waals surface area contributed by atoms with E-state index in [0.717, 1.165) is 17.6 Å². The van der Waals surface area contributed by atoms with E-state index in [0.29, 0.717) is 31.6 Å². The molecule has 1 N–H and O–H groups in total. The van der Waals surface area contributed by atoms with E-state index in [9.17, 15) is 9.18 Å². The normalized spacial score (nSPS) is 14.5. The van der Waals surface area contributed by atoms with Crippen molar-refractivity contribution in [2.75, 3.05) is 37.6 Å². The fourth-order valence-electron chi connectivity index (χ4n) is 2.96. The first-order valence-electron chi connectivity index (χ1n) is 8.40. The molecule has 25 heavy (non-hydrogen) atoms. The zero-order chi connectivity index (χ0) is 17.6. The maximum atomic E-state index is 13.7. The van der Waals surface area contributed by atoms with Gasteiger partial charge in [0.15, 0.2) is 0 Å². The highest BCUT2D eigenvalue weighted by molar-refractivity contribution is 9.10. The number of carbonyl (C=O) groups is 1. The number of nitrogens with zero attached hydrogens (tertiary/aromatic N) is 2. The molecule has 1 aliphatic rings. The molecule has 0 spiro atoms. The number of carbonyl (C=O) groups excluding carboxylic acids is 1. The van der Waals surface area contributed by atoms with Crippen LogP contribution in [0.3, 0.4) is 0 Å². The number of urea groups is 1. The second-order valence-corrected chi connectivity index (χ2v) is 6.94. The summed E-state index contributed by atoms with van der Waals surface area (Å²) in [6.07, 6.45) is 0.473. The topological polar surface area (TPSA) is 35.6 Å². The van der Waals surface area contributed by atoms with E-state index in [2.05, 4.69) is 38.3 Å². The van der Waals surface area contributed by atoms with Gasteiger partial charge < -0.3 is 15.1 Å². The molecule has 1 aliphatic heterocycles. The molecule has 0 radical (unpaired) electrons. The van der Waals surface area contributed by atoms with Gasteiger partial charge in [-0.05, 0) is 42.3 Å². The van der Waals surface area contributed by atoms with Gasteiger partial charge in [0.05, 0.1) is 0 Å². The first kappa shape index (κ1) is 17.7. The van der Waals surface area contributed by atoms with Gasteiger partial charge in [-0.3, -0.25) is 0 Å². The summed E-state index contributed by atoms with van der Waals surface area (Å²) < 4.78 is 14.5.